The first kappa shape index (κ1) is 12.5. The van der Waals surface area contributed by atoms with Crippen molar-refractivity contribution < 1.29 is 19.5 Å². The molecule has 1 aromatic carbocycles. The summed E-state index contributed by atoms with van der Waals surface area (Å²) in [5.41, 5.74) is 6.54. The SMILES string of the molecule is NCC(C(=O)O)c1cccc(N2OCCC2=O)c1. The van der Waals surface area contributed by atoms with Crippen LogP contribution in [0.15, 0.2) is 24.3 Å². The van der Waals surface area contributed by atoms with E-state index in [-0.39, 0.29) is 12.5 Å². The molecule has 0 bridgehead atoms. The second kappa shape index (κ2) is 5.16. The van der Waals surface area contributed by atoms with Gasteiger partial charge in [-0.05, 0) is 17.7 Å². The predicted octanol–water partition coefficient (Wildman–Crippen LogP) is 0.482. The van der Waals surface area contributed by atoms with Crippen molar-refractivity contribution in [3.8, 4) is 0 Å². The number of anilines is 1. The van der Waals surface area contributed by atoms with Gasteiger partial charge in [0.15, 0.2) is 0 Å². The lowest BCUT2D eigenvalue weighted by Gasteiger charge is -2.16. The summed E-state index contributed by atoms with van der Waals surface area (Å²) in [5, 5.41) is 10.2. The van der Waals surface area contributed by atoms with Crippen LogP contribution in [0.2, 0.25) is 0 Å². The third kappa shape index (κ3) is 2.34. The van der Waals surface area contributed by atoms with Crippen molar-refractivity contribution in [2.24, 2.45) is 5.73 Å². The topological polar surface area (TPSA) is 92.9 Å². The molecule has 1 heterocycles. The molecule has 1 amide bonds. The smallest absolute Gasteiger partial charge is 0.312 e. The van der Waals surface area contributed by atoms with E-state index in [2.05, 4.69) is 0 Å². The van der Waals surface area contributed by atoms with Gasteiger partial charge in [-0.25, -0.2) is 0 Å². The van der Waals surface area contributed by atoms with Gasteiger partial charge in [0.05, 0.1) is 24.6 Å². The van der Waals surface area contributed by atoms with E-state index >= 15 is 0 Å². The Kier molecular flexibility index (Phi) is 3.59. The van der Waals surface area contributed by atoms with Crippen molar-refractivity contribution >= 4 is 17.6 Å². The zero-order chi connectivity index (χ0) is 13.1. The maximum absolute atomic E-state index is 11.5. The van der Waals surface area contributed by atoms with Gasteiger partial charge in [-0.2, -0.15) is 5.06 Å². The van der Waals surface area contributed by atoms with Crippen molar-refractivity contribution in [3.63, 3.8) is 0 Å². The van der Waals surface area contributed by atoms with Crippen LogP contribution in [0.25, 0.3) is 0 Å². The fraction of sp³-hybridized carbons (Fsp3) is 0.333. The van der Waals surface area contributed by atoms with E-state index in [1.165, 1.54) is 5.06 Å². The molecule has 6 nitrogen and oxygen atoms in total. The van der Waals surface area contributed by atoms with Gasteiger partial charge >= 0.3 is 5.97 Å². The monoisotopic (exact) mass is 250 g/mol. The van der Waals surface area contributed by atoms with Gasteiger partial charge in [-0.15, -0.1) is 0 Å². The average molecular weight is 250 g/mol. The first-order valence-corrected chi connectivity index (χ1v) is 5.62. The Labute approximate surface area is 104 Å². The third-order valence-electron chi connectivity index (χ3n) is 2.80. The molecule has 0 spiro atoms. The number of nitrogens with zero attached hydrogens (tertiary/aromatic N) is 1. The second-order valence-electron chi connectivity index (χ2n) is 3.99. The molecule has 3 N–H and O–H groups in total. The van der Waals surface area contributed by atoms with Crippen LogP contribution in [0.5, 0.6) is 0 Å². The first-order valence-electron chi connectivity index (χ1n) is 5.62. The van der Waals surface area contributed by atoms with Crippen LogP contribution in [-0.2, 0) is 14.4 Å². The van der Waals surface area contributed by atoms with Gasteiger partial charge in [0.25, 0.3) is 5.91 Å². The summed E-state index contributed by atoms with van der Waals surface area (Å²) >= 11 is 0. The number of carbonyl (C=O) groups is 2. The highest BCUT2D eigenvalue weighted by Gasteiger charge is 2.25. The Hall–Kier alpha value is -1.92. The lowest BCUT2D eigenvalue weighted by atomic mass is 9.99. The maximum Gasteiger partial charge on any atom is 0.312 e. The molecule has 18 heavy (non-hydrogen) atoms. The van der Waals surface area contributed by atoms with Gasteiger partial charge in [-0.3, -0.25) is 14.4 Å². The summed E-state index contributed by atoms with van der Waals surface area (Å²) in [6, 6.07) is 6.68. The number of aliphatic carboxylic acids is 1. The minimum absolute atomic E-state index is 0.00753. The van der Waals surface area contributed by atoms with E-state index in [4.69, 9.17) is 15.7 Å². The minimum atomic E-state index is -0.983. The van der Waals surface area contributed by atoms with Crippen LogP contribution >= 0.6 is 0 Å². The number of carboxylic acids is 1. The average Bonchev–Trinajstić information content (AvgIpc) is 2.76. The summed E-state index contributed by atoms with van der Waals surface area (Å²) in [4.78, 5) is 27.7. The second-order valence-corrected chi connectivity index (χ2v) is 3.99. The molecule has 0 radical (unpaired) electrons. The maximum atomic E-state index is 11.5. The number of hydroxylamine groups is 1. The number of amides is 1. The number of rotatable bonds is 4. The molecule has 2 rings (SSSR count). The number of benzene rings is 1. The number of hydrogen-bond acceptors (Lipinski definition) is 4. The Balaban J connectivity index is 2.29. The van der Waals surface area contributed by atoms with E-state index in [1.54, 1.807) is 24.3 Å². The van der Waals surface area contributed by atoms with Crippen LogP contribution in [-0.4, -0.2) is 30.1 Å². The van der Waals surface area contributed by atoms with Crippen LogP contribution in [0.4, 0.5) is 5.69 Å². The molecule has 1 aliphatic rings. The van der Waals surface area contributed by atoms with E-state index in [0.717, 1.165) is 0 Å². The Morgan fingerprint density at radius 1 is 1.56 bits per heavy atom. The zero-order valence-corrected chi connectivity index (χ0v) is 9.70. The molecule has 0 aromatic heterocycles. The molecule has 1 atom stereocenters. The minimum Gasteiger partial charge on any atom is -0.481 e. The molecule has 1 fully saturated rings. The van der Waals surface area contributed by atoms with Crippen LogP contribution in [0.3, 0.4) is 0 Å². The van der Waals surface area contributed by atoms with Crippen molar-refractivity contribution in [1.82, 2.24) is 0 Å². The van der Waals surface area contributed by atoms with E-state index in [9.17, 15) is 9.59 Å². The van der Waals surface area contributed by atoms with E-state index in [1.807, 2.05) is 0 Å². The van der Waals surface area contributed by atoms with Crippen molar-refractivity contribution in [2.45, 2.75) is 12.3 Å². The van der Waals surface area contributed by atoms with Crippen LogP contribution in [0.1, 0.15) is 17.9 Å². The highest BCUT2D eigenvalue weighted by Crippen LogP contribution is 2.24. The van der Waals surface area contributed by atoms with E-state index < -0.39 is 11.9 Å². The quantitative estimate of drug-likeness (QED) is 0.810. The molecule has 1 saturated heterocycles. The van der Waals surface area contributed by atoms with Crippen molar-refractivity contribution in [3.05, 3.63) is 29.8 Å². The molecule has 96 valence electrons. The molecular weight excluding hydrogens is 236 g/mol. The Morgan fingerprint density at radius 2 is 2.33 bits per heavy atom. The summed E-state index contributed by atoms with van der Waals surface area (Å²) in [7, 11) is 0. The Bertz CT molecular complexity index is 458. The number of nitrogens with two attached hydrogens (primary N) is 1. The van der Waals surface area contributed by atoms with Gasteiger partial charge < -0.3 is 10.8 Å². The predicted molar refractivity (Wildman–Crippen MR) is 63.9 cm³/mol. The highest BCUT2D eigenvalue weighted by molar-refractivity contribution is 5.93. The van der Waals surface area contributed by atoms with Crippen molar-refractivity contribution in [2.75, 3.05) is 18.2 Å². The third-order valence-corrected chi connectivity index (χ3v) is 2.80. The highest BCUT2D eigenvalue weighted by atomic mass is 16.7. The molecule has 6 heteroatoms. The fourth-order valence-electron chi connectivity index (χ4n) is 1.86. The first-order chi connectivity index (χ1) is 8.63. The number of carboxylic acid groups (broad SMARTS) is 1. The number of hydrogen-bond donors (Lipinski definition) is 2. The summed E-state index contributed by atoms with van der Waals surface area (Å²) in [6.07, 6.45) is 0.337. The molecule has 1 aliphatic heterocycles. The Morgan fingerprint density at radius 3 is 2.89 bits per heavy atom. The van der Waals surface area contributed by atoms with Gasteiger partial charge in [0.2, 0.25) is 0 Å². The van der Waals surface area contributed by atoms with Gasteiger partial charge in [0, 0.05) is 6.54 Å². The summed E-state index contributed by atoms with van der Waals surface area (Å²) in [5.74, 6) is -1.89. The fourth-order valence-corrected chi connectivity index (χ4v) is 1.86. The summed E-state index contributed by atoms with van der Waals surface area (Å²) in [6.45, 7) is 0.357. The van der Waals surface area contributed by atoms with E-state index in [0.29, 0.717) is 24.3 Å². The molecule has 0 saturated carbocycles. The normalized spacial score (nSPS) is 16.9. The molecule has 1 unspecified atom stereocenters. The summed E-state index contributed by atoms with van der Waals surface area (Å²) < 4.78 is 0. The van der Waals surface area contributed by atoms with Crippen LogP contribution < -0.4 is 10.8 Å². The zero-order valence-electron chi connectivity index (χ0n) is 9.70. The molecular formula is C12H14N2O4. The van der Waals surface area contributed by atoms with Gasteiger partial charge in [0.1, 0.15) is 0 Å². The van der Waals surface area contributed by atoms with Crippen LogP contribution in [0, 0.1) is 0 Å². The molecule has 1 aromatic rings. The lowest BCUT2D eigenvalue weighted by molar-refractivity contribution is -0.138. The van der Waals surface area contributed by atoms with Crippen molar-refractivity contribution in [1.29, 1.82) is 0 Å². The van der Waals surface area contributed by atoms with Gasteiger partial charge in [-0.1, -0.05) is 12.1 Å². The standard InChI is InChI=1S/C12H14N2O4/c13-7-10(12(16)17)8-2-1-3-9(6-8)14-11(15)4-5-18-14/h1-3,6,10H,4-5,7,13H2,(H,16,17). The molecule has 0 aliphatic carbocycles. The number of carbonyl (C=O) groups excluding carboxylic acids is 1. The lowest BCUT2D eigenvalue weighted by Crippen LogP contribution is -2.24. The largest absolute Gasteiger partial charge is 0.481 e.